The van der Waals surface area contributed by atoms with Gasteiger partial charge in [0.15, 0.2) is 30.9 Å². The maximum Gasteiger partial charge on any atom is 0.187 e. The Morgan fingerprint density at radius 3 is 1.81 bits per heavy atom. The fraction of sp³-hybridized carbons (Fsp3) is 0.961. The Labute approximate surface area is 420 Å². The van der Waals surface area contributed by atoms with Crippen LogP contribution in [0, 0.1) is 40.4 Å². The lowest BCUT2D eigenvalue weighted by Crippen LogP contribution is -2.67. The van der Waals surface area contributed by atoms with E-state index in [-0.39, 0.29) is 28.8 Å². The summed E-state index contributed by atoms with van der Waals surface area (Å²) in [7, 11) is 0. The molecule has 0 radical (unpaired) electrons. The minimum atomic E-state index is -1.86. The summed E-state index contributed by atoms with van der Waals surface area (Å²) >= 11 is 0. The fourth-order valence-corrected chi connectivity index (χ4v) is 15.4. The summed E-state index contributed by atoms with van der Waals surface area (Å²) in [4.78, 5) is 0. The van der Waals surface area contributed by atoms with E-state index in [2.05, 4.69) is 33.8 Å². The SMILES string of the molecule is C[C@@H]1CC[C@@]2(OC1)O[C@@H]1C[C@H]3[C@H]4CC=C5C[C@H](O[C@H]6O[C@@H](CO)[C@@H](O[C@@H]7O[C@H](C)[C@@H](O[C@H]8O[C@H](C)[C@@H](O)[C@H](O)[C@H]8O)[C@H](O)[C@H]7O)[C@@H](O)[C@@H]6O[C@H]6O[C@H](C)[C@@H](O)[C@H](O)[C@H]6O)CC[C@]5(C)[C@@H]4CC[C@]3(C)[C@@]1(O)[C@@H]2C. The van der Waals surface area contributed by atoms with E-state index in [1.165, 1.54) is 26.3 Å². The smallest absolute Gasteiger partial charge is 0.187 e. The second-order valence-corrected chi connectivity index (χ2v) is 23.9. The van der Waals surface area contributed by atoms with Gasteiger partial charge in [-0.15, -0.1) is 0 Å². The molecule has 0 unspecified atom stereocenters. The highest BCUT2D eigenvalue weighted by molar-refractivity contribution is 5.29. The molecule has 6 heterocycles. The first-order valence-electron chi connectivity index (χ1n) is 26.7. The van der Waals surface area contributed by atoms with Gasteiger partial charge in [-0.25, -0.2) is 0 Å². The molecule has 0 bridgehead atoms. The van der Waals surface area contributed by atoms with E-state index in [0.717, 1.165) is 44.9 Å². The summed E-state index contributed by atoms with van der Waals surface area (Å²) in [6.45, 7) is 13.3. The monoisotopic (exact) mass is 1030 g/mol. The minimum absolute atomic E-state index is 0.151. The molecule has 11 N–H and O–H groups in total. The number of hydrogen-bond acceptors (Lipinski definition) is 21. The van der Waals surface area contributed by atoms with Crippen LogP contribution in [-0.2, 0) is 47.4 Å². The Kier molecular flexibility index (Phi) is 15.1. The van der Waals surface area contributed by atoms with Crippen LogP contribution >= 0.6 is 0 Å². The van der Waals surface area contributed by atoms with Gasteiger partial charge in [-0.05, 0) is 101 Å². The molecular weight excluding hydrogens is 949 g/mol. The van der Waals surface area contributed by atoms with Crippen LogP contribution in [-0.4, -0.2) is 216 Å². The van der Waals surface area contributed by atoms with Crippen LogP contribution in [0.25, 0.3) is 0 Å². The van der Waals surface area contributed by atoms with Gasteiger partial charge in [0, 0.05) is 17.8 Å². The molecule has 31 atom stereocenters. The standard InChI is InChI=1S/C51H82O21/c1-20-10-15-50(63-19-20)24(5)51(62)31(72-50)17-29-27-9-8-25-16-26(11-13-48(25,6)28(27)12-14-49(29,51)7)67-47-43(71-45-38(59)35(56)33(54)22(3)65-45)40(61)42(30(18-52)68-47)70-46-39(60)36(57)41(23(4)66-46)69-44-37(58)34(55)32(53)21(2)64-44/h8,20-24,26-47,52-62H,9-19H2,1-7H3/t20-,21-,22-,23-,24-,26-,27+,28-,29+,30+,31-,32-,33-,34+,35+,36-,37-,38-,39-,40-,41-,42-,43+,44-,45-,46+,47+,48+,49+,50-,51-/m1/s1. The Bertz CT molecular complexity index is 1940. The van der Waals surface area contributed by atoms with Crippen molar-refractivity contribution in [3.8, 4) is 0 Å². The molecule has 10 aliphatic rings. The van der Waals surface area contributed by atoms with Gasteiger partial charge in [0.2, 0.25) is 0 Å². The molecule has 0 aromatic rings. The molecule has 0 amide bonds. The molecule has 6 saturated heterocycles. The summed E-state index contributed by atoms with van der Waals surface area (Å²) in [5, 5.41) is 122. The third kappa shape index (κ3) is 8.63. The van der Waals surface area contributed by atoms with Crippen LogP contribution < -0.4 is 0 Å². The van der Waals surface area contributed by atoms with Crippen LogP contribution in [0.4, 0.5) is 0 Å². The lowest BCUT2D eigenvalue weighted by Gasteiger charge is -2.60. The van der Waals surface area contributed by atoms with Crippen molar-refractivity contribution < 1.29 is 104 Å². The molecule has 1 spiro atoms. The Hall–Kier alpha value is -1.10. The molecule has 4 aliphatic carbocycles. The lowest BCUT2D eigenvalue weighted by atomic mass is 9.46. The van der Waals surface area contributed by atoms with Crippen molar-refractivity contribution in [2.24, 2.45) is 40.4 Å². The zero-order chi connectivity index (χ0) is 51.7. The quantitative estimate of drug-likeness (QED) is 0.126. The molecular formula is C51H82O21. The summed E-state index contributed by atoms with van der Waals surface area (Å²) in [5.74, 6) is 0.531. The third-order valence-electron chi connectivity index (χ3n) is 20.0. The predicted octanol–water partition coefficient (Wildman–Crippen LogP) is -0.792. The van der Waals surface area contributed by atoms with E-state index in [1.807, 2.05) is 0 Å². The molecule has 412 valence electrons. The van der Waals surface area contributed by atoms with Crippen molar-refractivity contribution in [1.82, 2.24) is 0 Å². The molecule has 0 aromatic heterocycles. The van der Waals surface area contributed by atoms with E-state index < -0.39 is 147 Å². The topological polar surface area (TPSA) is 315 Å². The van der Waals surface area contributed by atoms with Crippen molar-refractivity contribution in [2.45, 2.75) is 253 Å². The summed E-state index contributed by atoms with van der Waals surface area (Å²) in [6.07, 6.45) is -21.2. The normalized spacial score (nSPS) is 58.8. The van der Waals surface area contributed by atoms with Gasteiger partial charge in [0.25, 0.3) is 0 Å². The third-order valence-corrected chi connectivity index (χ3v) is 20.0. The molecule has 10 rings (SSSR count). The van der Waals surface area contributed by atoms with Gasteiger partial charge in [-0.3, -0.25) is 0 Å². The summed E-state index contributed by atoms with van der Waals surface area (Å²) < 4.78 is 61.9. The van der Waals surface area contributed by atoms with E-state index in [4.69, 9.17) is 47.4 Å². The maximum absolute atomic E-state index is 12.9. The maximum atomic E-state index is 12.9. The van der Waals surface area contributed by atoms with Crippen LogP contribution in [0.1, 0.15) is 106 Å². The Morgan fingerprint density at radius 1 is 0.597 bits per heavy atom. The van der Waals surface area contributed by atoms with E-state index in [1.54, 1.807) is 0 Å². The number of aliphatic hydroxyl groups is 11. The average molecular weight is 1030 g/mol. The second-order valence-electron chi connectivity index (χ2n) is 23.9. The predicted molar refractivity (Wildman–Crippen MR) is 245 cm³/mol. The largest absolute Gasteiger partial charge is 0.394 e. The van der Waals surface area contributed by atoms with Gasteiger partial charge >= 0.3 is 0 Å². The zero-order valence-corrected chi connectivity index (χ0v) is 42.4. The number of allylic oxidation sites excluding steroid dienone is 1. The number of hydrogen-bond donors (Lipinski definition) is 11. The van der Waals surface area contributed by atoms with Crippen LogP contribution in [0.2, 0.25) is 0 Å². The fourth-order valence-electron chi connectivity index (χ4n) is 15.4. The highest BCUT2D eigenvalue weighted by Crippen LogP contribution is 2.72. The van der Waals surface area contributed by atoms with E-state index in [0.29, 0.717) is 37.2 Å². The molecule has 21 nitrogen and oxygen atoms in total. The van der Waals surface area contributed by atoms with Gasteiger partial charge < -0.3 is 104 Å². The van der Waals surface area contributed by atoms with Crippen molar-refractivity contribution in [3.05, 3.63) is 11.6 Å². The Morgan fingerprint density at radius 2 is 1.19 bits per heavy atom. The van der Waals surface area contributed by atoms with Crippen molar-refractivity contribution in [2.75, 3.05) is 13.2 Å². The Balaban J connectivity index is 0.842. The number of ether oxygens (including phenoxy) is 10. The molecule has 0 aromatic carbocycles. The second kappa shape index (κ2) is 20.0. The molecule has 6 aliphatic heterocycles. The first-order valence-corrected chi connectivity index (χ1v) is 26.7. The van der Waals surface area contributed by atoms with Gasteiger partial charge in [0.1, 0.15) is 85.0 Å². The van der Waals surface area contributed by atoms with Crippen molar-refractivity contribution in [1.29, 1.82) is 0 Å². The van der Waals surface area contributed by atoms with Gasteiger partial charge in [-0.1, -0.05) is 39.3 Å². The zero-order valence-electron chi connectivity index (χ0n) is 42.4. The average Bonchev–Trinajstić information content (AvgIpc) is 3.71. The number of fused-ring (bicyclic) bond motifs is 7. The lowest BCUT2D eigenvalue weighted by molar-refractivity contribution is -0.394. The molecule has 9 fully saturated rings. The van der Waals surface area contributed by atoms with E-state index >= 15 is 0 Å². The van der Waals surface area contributed by atoms with Crippen LogP contribution in [0.5, 0.6) is 0 Å². The first-order chi connectivity index (χ1) is 34.0. The van der Waals surface area contributed by atoms with Crippen LogP contribution in [0.15, 0.2) is 11.6 Å². The summed E-state index contributed by atoms with van der Waals surface area (Å²) in [6, 6.07) is 0. The van der Waals surface area contributed by atoms with Gasteiger partial charge in [-0.2, -0.15) is 0 Å². The van der Waals surface area contributed by atoms with Crippen LogP contribution in [0.3, 0.4) is 0 Å². The van der Waals surface area contributed by atoms with Gasteiger partial charge in [0.05, 0.1) is 43.7 Å². The first kappa shape index (κ1) is 54.3. The summed E-state index contributed by atoms with van der Waals surface area (Å²) in [5.41, 5.74) is -0.230. The molecule has 21 heteroatoms. The highest BCUT2D eigenvalue weighted by atomic mass is 16.8. The minimum Gasteiger partial charge on any atom is -0.394 e. The van der Waals surface area contributed by atoms with E-state index in [9.17, 15) is 56.2 Å². The van der Waals surface area contributed by atoms with Crippen molar-refractivity contribution >= 4 is 0 Å². The number of aliphatic hydroxyl groups excluding tert-OH is 10. The van der Waals surface area contributed by atoms with Crippen molar-refractivity contribution in [3.63, 3.8) is 0 Å². The molecule has 72 heavy (non-hydrogen) atoms. The highest BCUT2D eigenvalue weighted by Gasteiger charge is 2.76. The number of rotatable bonds is 9. The molecule has 3 saturated carbocycles.